The smallest absolute Gasteiger partial charge is 0.0486 e. The van der Waals surface area contributed by atoms with Crippen LogP contribution < -0.4 is 0 Å². The number of hydrogen-bond acceptors (Lipinski definition) is 0. The number of rotatable bonds is 4. The predicted octanol–water partition coefficient (Wildman–Crippen LogP) is 4.15. The third-order valence-corrected chi connectivity index (χ3v) is 2.26. The molecular weight excluding hydrogens is 180 g/mol. The third-order valence-electron chi connectivity index (χ3n) is 2.26. The summed E-state index contributed by atoms with van der Waals surface area (Å²) in [7, 11) is 0. The van der Waals surface area contributed by atoms with Crippen LogP contribution in [0.1, 0.15) is 37.7 Å². The first-order valence-corrected chi connectivity index (χ1v) is 5.52. The van der Waals surface area contributed by atoms with Gasteiger partial charge in [0.2, 0.25) is 0 Å². The molecule has 0 saturated heterocycles. The predicted molar refractivity (Wildman–Crippen MR) is 66.7 cm³/mol. The lowest BCUT2D eigenvalue weighted by Gasteiger charge is -2.07. The Bertz CT molecular complexity index is 337. The number of unbranched alkanes of at least 4 members (excludes halogenated alkanes) is 1. The Balaban J connectivity index is 2.75. The van der Waals surface area contributed by atoms with Crippen LogP contribution in [0.2, 0.25) is 0 Å². The quantitative estimate of drug-likeness (QED) is 0.503. The zero-order valence-electron chi connectivity index (χ0n) is 9.37. The van der Waals surface area contributed by atoms with E-state index in [-0.39, 0.29) is 0 Å². The molecule has 0 heteroatoms. The van der Waals surface area contributed by atoms with Crippen LogP contribution in [-0.4, -0.2) is 0 Å². The van der Waals surface area contributed by atoms with Crippen molar-refractivity contribution in [3.05, 3.63) is 48.6 Å². The van der Waals surface area contributed by atoms with Gasteiger partial charge in [-0.3, -0.25) is 0 Å². The maximum Gasteiger partial charge on any atom is 0.0486 e. The molecule has 1 aromatic carbocycles. The highest BCUT2D eigenvalue weighted by Crippen LogP contribution is 2.18. The SMILES string of the molecule is C=CCC(C#CCCC)c1ccccc1. The summed E-state index contributed by atoms with van der Waals surface area (Å²) in [5, 5.41) is 0. The van der Waals surface area contributed by atoms with Gasteiger partial charge in [0.15, 0.2) is 0 Å². The summed E-state index contributed by atoms with van der Waals surface area (Å²) in [5.74, 6) is 6.85. The number of hydrogen-bond donors (Lipinski definition) is 0. The fraction of sp³-hybridized carbons (Fsp3) is 0.333. The van der Waals surface area contributed by atoms with Gasteiger partial charge in [0, 0.05) is 12.3 Å². The first-order valence-electron chi connectivity index (χ1n) is 5.52. The van der Waals surface area contributed by atoms with Gasteiger partial charge in [-0.2, -0.15) is 0 Å². The van der Waals surface area contributed by atoms with Gasteiger partial charge >= 0.3 is 0 Å². The lowest BCUT2D eigenvalue weighted by atomic mass is 9.96. The molecule has 15 heavy (non-hydrogen) atoms. The van der Waals surface area contributed by atoms with Gasteiger partial charge in [-0.05, 0) is 18.4 Å². The topological polar surface area (TPSA) is 0 Å². The minimum absolute atomic E-state index is 0.315. The Morgan fingerprint density at radius 2 is 2.07 bits per heavy atom. The summed E-state index contributed by atoms with van der Waals surface area (Å²) in [6.45, 7) is 5.94. The zero-order chi connectivity index (χ0) is 10.9. The summed E-state index contributed by atoms with van der Waals surface area (Å²) in [6, 6.07) is 10.4. The Kier molecular flexibility index (Phi) is 5.33. The second-order valence-corrected chi connectivity index (χ2v) is 3.56. The molecule has 0 amide bonds. The van der Waals surface area contributed by atoms with Crippen LogP contribution in [0.3, 0.4) is 0 Å². The molecule has 0 aliphatic heterocycles. The fourth-order valence-electron chi connectivity index (χ4n) is 1.45. The third kappa shape index (κ3) is 4.04. The van der Waals surface area contributed by atoms with Crippen molar-refractivity contribution in [1.82, 2.24) is 0 Å². The van der Waals surface area contributed by atoms with Crippen molar-refractivity contribution in [3.8, 4) is 11.8 Å². The van der Waals surface area contributed by atoms with Gasteiger partial charge in [0.1, 0.15) is 0 Å². The first-order chi connectivity index (χ1) is 7.38. The normalized spacial score (nSPS) is 11.3. The molecule has 0 radical (unpaired) electrons. The van der Waals surface area contributed by atoms with E-state index in [0.717, 1.165) is 19.3 Å². The van der Waals surface area contributed by atoms with Gasteiger partial charge in [0.25, 0.3) is 0 Å². The highest BCUT2D eigenvalue weighted by atomic mass is 14.1. The molecule has 0 nitrogen and oxygen atoms in total. The van der Waals surface area contributed by atoms with Gasteiger partial charge < -0.3 is 0 Å². The number of allylic oxidation sites excluding steroid dienone is 1. The van der Waals surface area contributed by atoms with Crippen molar-refractivity contribution in [2.75, 3.05) is 0 Å². The largest absolute Gasteiger partial charge is 0.103 e. The molecule has 1 atom stereocenters. The molecule has 0 bridgehead atoms. The highest BCUT2D eigenvalue weighted by Gasteiger charge is 2.04. The molecule has 78 valence electrons. The Morgan fingerprint density at radius 1 is 1.33 bits per heavy atom. The minimum Gasteiger partial charge on any atom is -0.103 e. The van der Waals surface area contributed by atoms with Gasteiger partial charge in [-0.25, -0.2) is 0 Å². The second-order valence-electron chi connectivity index (χ2n) is 3.56. The molecule has 1 rings (SSSR count). The van der Waals surface area contributed by atoms with Crippen molar-refractivity contribution in [2.24, 2.45) is 0 Å². The van der Waals surface area contributed by atoms with Gasteiger partial charge in [0.05, 0.1) is 0 Å². The fourth-order valence-corrected chi connectivity index (χ4v) is 1.45. The molecule has 0 fully saturated rings. The van der Waals surface area contributed by atoms with Crippen LogP contribution in [0.5, 0.6) is 0 Å². The molecule has 0 aliphatic rings. The molecule has 0 spiro atoms. The average Bonchev–Trinajstić information content (AvgIpc) is 2.29. The van der Waals surface area contributed by atoms with Crippen molar-refractivity contribution < 1.29 is 0 Å². The van der Waals surface area contributed by atoms with E-state index in [2.05, 4.69) is 49.6 Å². The summed E-state index contributed by atoms with van der Waals surface area (Å²) < 4.78 is 0. The van der Waals surface area contributed by atoms with Crippen LogP contribution in [0.4, 0.5) is 0 Å². The van der Waals surface area contributed by atoms with Crippen LogP contribution in [0.15, 0.2) is 43.0 Å². The van der Waals surface area contributed by atoms with Crippen LogP contribution in [-0.2, 0) is 0 Å². The van der Waals surface area contributed by atoms with Crippen molar-refractivity contribution in [2.45, 2.75) is 32.1 Å². The van der Waals surface area contributed by atoms with Gasteiger partial charge in [-0.1, -0.05) is 49.3 Å². The van der Waals surface area contributed by atoms with Crippen molar-refractivity contribution in [1.29, 1.82) is 0 Å². The Labute approximate surface area is 93.0 Å². The summed E-state index contributed by atoms with van der Waals surface area (Å²) in [4.78, 5) is 0. The maximum atomic E-state index is 3.79. The monoisotopic (exact) mass is 198 g/mol. The highest BCUT2D eigenvalue weighted by molar-refractivity contribution is 5.28. The first kappa shape index (κ1) is 11.6. The Hall–Kier alpha value is -1.48. The maximum absolute atomic E-state index is 3.79. The molecule has 0 aliphatic carbocycles. The van der Waals surface area contributed by atoms with Crippen LogP contribution in [0.25, 0.3) is 0 Å². The summed E-state index contributed by atoms with van der Waals surface area (Å²) in [5.41, 5.74) is 1.29. The van der Waals surface area contributed by atoms with E-state index >= 15 is 0 Å². The van der Waals surface area contributed by atoms with E-state index < -0.39 is 0 Å². The molecule has 0 N–H and O–H groups in total. The summed E-state index contributed by atoms with van der Waals surface area (Å²) >= 11 is 0. The standard InChI is InChI=1S/C15H18/c1-3-5-7-11-14(10-4-2)15-12-8-6-9-13-15/h4,6,8-9,12-14H,2-3,5,10H2,1H3. The van der Waals surface area contributed by atoms with Crippen molar-refractivity contribution in [3.63, 3.8) is 0 Å². The molecule has 0 saturated carbocycles. The Morgan fingerprint density at radius 3 is 2.67 bits per heavy atom. The molecule has 0 aromatic heterocycles. The molecule has 1 aromatic rings. The average molecular weight is 198 g/mol. The van der Waals surface area contributed by atoms with Crippen molar-refractivity contribution >= 4 is 0 Å². The zero-order valence-corrected chi connectivity index (χ0v) is 9.37. The molecular formula is C15H18. The van der Waals surface area contributed by atoms with E-state index in [9.17, 15) is 0 Å². The van der Waals surface area contributed by atoms with Gasteiger partial charge in [-0.15, -0.1) is 12.5 Å². The minimum atomic E-state index is 0.315. The van der Waals surface area contributed by atoms with E-state index in [4.69, 9.17) is 0 Å². The molecule has 0 heterocycles. The summed E-state index contributed by atoms with van der Waals surface area (Å²) in [6.07, 6.45) is 4.99. The lowest BCUT2D eigenvalue weighted by molar-refractivity contribution is 0.888. The van der Waals surface area contributed by atoms with Crippen LogP contribution in [0, 0.1) is 11.8 Å². The van der Waals surface area contributed by atoms with E-state index in [0.29, 0.717) is 5.92 Å². The second kappa shape index (κ2) is 6.90. The molecule has 1 unspecified atom stereocenters. The number of benzene rings is 1. The lowest BCUT2D eigenvalue weighted by Crippen LogP contribution is -1.93. The van der Waals surface area contributed by atoms with E-state index in [1.165, 1.54) is 5.56 Å². The van der Waals surface area contributed by atoms with E-state index in [1.54, 1.807) is 0 Å². The van der Waals surface area contributed by atoms with E-state index in [1.807, 2.05) is 12.1 Å². The van der Waals surface area contributed by atoms with Crippen LogP contribution >= 0.6 is 0 Å².